The van der Waals surface area contributed by atoms with E-state index in [-0.39, 0.29) is 18.0 Å². The molecule has 4 rings (SSSR count). The number of nitrogens with two attached hydrogens (primary N) is 1. The molecule has 0 unspecified atom stereocenters. The molecule has 1 saturated heterocycles. The number of carbonyl (C=O) groups excluding carboxylic acids is 2. The molecule has 2 aromatic carbocycles. The molecule has 8 heteroatoms. The zero-order valence-electron chi connectivity index (χ0n) is 19.6. The number of benzene rings is 2. The van der Waals surface area contributed by atoms with Gasteiger partial charge in [0.1, 0.15) is 12.3 Å². The van der Waals surface area contributed by atoms with Crippen molar-refractivity contribution >= 4 is 29.1 Å². The molecular weight excluding hydrogens is 420 g/mol. The van der Waals surface area contributed by atoms with Gasteiger partial charge in [-0.05, 0) is 37.5 Å². The van der Waals surface area contributed by atoms with E-state index in [4.69, 9.17) is 9.57 Å². The molecule has 0 aliphatic carbocycles. The first-order valence-corrected chi connectivity index (χ1v) is 11.6. The van der Waals surface area contributed by atoms with Crippen molar-refractivity contribution in [3.05, 3.63) is 53.6 Å². The first-order chi connectivity index (χ1) is 16.0. The Balaban J connectivity index is 1.49. The summed E-state index contributed by atoms with van der Waals surface area (Å²) in [6.45, 7) is 4.70. The van der Waals surface area contributed by atoms with Gasteiger partial charge in [-0.15, -0.1) is 0 Å². The second kappa shape index (κ2) is 10.2. The molecule has 2 heterocycles. The van der Waals surface area contributed by atoms with Crippen LogP contribution in [0.1, 0.15) is 42.1 Å². The normalized spacial score (nSPS) is 16.4. The van der Waals surface area contributed by atoms with Gasteiger partial charge in [-0.3, -0.25) is 9.69 Å². The Morgan fingerprint density at radius 3 is 2.67 bits per heavy atom. The summed E-state index contributed by atoms with van der Waals surface area (Å²) in [5.41, 5.74) is 6.27. The molecule has 1 fully saturated rings. The number of ether oxygens (including phenoxy) is 1. The van der Waals surface area contributed by atoms with E-state index < -0.39 is 0 Å². The van der Waals surface area contributed by atoms with Crippen LogP contribution in [-0.2, 0) is 16.2 Å². The van der Waals surface area contributed by atoms with Crippen molar-refractivity contribution in [3.8, 4) is 0 Å². The quantitative estimate of drug-likeness (QED) is 0.515. The molecule has 0 atom stereocenters. The third-order valence-electron chi connectivity index (χ3n) is 6.39. The fourth-order valence-electron chi connectivity index (χ4n) is 4.74. The van der Waals surface area contributed by atoms with Gasteiger partial charge in [-0.25, -0.2) is 9.63 Å². The fraction of sp³-hybridized carbons (Fsp3) is 0.440. The van der Waals surface area contributed by atoms with Crippen LogP contribution < -0.4 is 15.3 Å². The first-order valence-electron chi connectivity index (χ1n) is 11.6. The highest BCUT2D eigenvalue weighted by atomic mass is 16.6. The van der Waals surface area contributed by atoms with Gasteiger partial charge < -0.3 is 14.5 Å². The maximum Gasteiger partial charge on any atom is 0.414 e. The number of rotatable bonds is 7. The topological polar surface area (TPSA) is 78.9 Å². The third-order valence-corrected chi connectivity index (χ3v) is 6.39. The molecule has 2 amide bonds. The van der Waals surface area contributed by atoms with Crippen molar-refractivity contribution in [2.75, 3.05) is 43.6 Å². The summed E-state index contributed by atoms with van der Waals surface area (Å²) in [5, 5.41) is 0. The number of hydrogen-bond donors (Lipinski definition) is 1. The second-order valence-electron chi connectivity index (χ2n) is 8.63. The molecule has 2 aromatic rings. The molecular formula is C25H33N4O4+. The van der Waals surface area contributed by atoms with E-state index in [0.29, 0.717) is 12.2 Å². The van der Waals surface area contributed by atoms with Crippen LogP contribution in [0.3, 0.4) is 0 Å². The van der Waals surface area contributed by atoms with Crippen LogP contribution in [0.2, 0.25) is 0 Å². The molecule has 0 bridgehead atoms. The van der Waals surface area contributed by atoms with Gasteiger partial charge in [0.15, 0.2) is 5.69 Å². The predicted octanol–water partition coefficient (Wildman–Crippen LogP) is 3.05. The molecule has 0 aromatic heterocycles. The molecule has 176 valence electrons. The van der Waals surface area contributed by atoms with E-state index in [9.17, 15) is 9.59 Å². The zero-order valence-corrected chi connectivity index (χ0v) is 19.6. The largest absolute Gasteiger partial charge is 0.444 e. The predicted molar refractivity (Wildman–Crippen MR) is 127 cm³/mol. The molecule has 2 aliphatic heterocycles. The molecule has 0 saturated carbocycles. The van der Waals surface area contributed by atoms with Crippen LogP contribution in [0, 0.1) is 0 Å². The maximum absolute atomic E-state index is 12.7. The van der Waals surface area contributed by atoms with Crippen LogP contribution in [0.5, 0.6) is 0 Å². The summed E-state index contributed by atoms with van der Waals surface area (Å²) in [7, 11) is 3.45. The van der Waals surface area contributed by atoms with Crippen LogP contribution in [0.4, 0.5) is 21.9 Å². The average molecular weight is 454 g/mol. The van der Waals surface area contributed by atoms with Gasteiger partial charge in [0, 0.05) is 49.9 Å². The smallest absolute Gasteiger partial charge is 0.414 e. The number of carbonyl (C=O) groups is 2. The number of para-hydroxylation sites is 1. The Morgan fingerprint density at radius 1 is 1.18 bits per heavy atom. The van der Waals surface area contributed by atoms with Gasteiger partial charge in [0.2, 0.25) is 0 Å². The van der Waals surface area contributed by atoms with Crippen molar-refractivity contribution < 1.29 is 24.6 Å². The fourth-order valence-corrected chi connectivity index (χ4v) is 4.74. The lowest BCUT2D eigenvalue weighted by atomic mass is 9.99. The molecule has 8 nitrogen and oxygen atoms in total. The Morgan fingerprint density at radius 2 is 1.94 bits per heavy atom. The number of anilines is 2. The minimum Gasteiger partial charge on any atom is -0.444 e. The van der Waals surface area contributed by atoms with Gasteiger partial charge in [0.05, 0.1) is 12.8 Å². The lowest BCUT2D eigenvalue weighted by molar-refractivity contribution is -0.829. The van der Waals surface area contributed by atoms with Gasteiger partial charge in [0.25, 0.3) is 5.91 Å². The van der Waals surface area contributed by atoms with E-state index >= 15 is 0 Å². The SMILES string of the molecule is CCCN(C)C(=O)c1ccc(N2CCC(N3C(=O)OCc4ccccc43)CC2)c([NH2+]OC)c1. The molecule has 33 heavy (non-hydrogen) atoms. The lowest BCUT2D eigenvalue weighted by Crippen LogP contribution is -2.76. The summed E-state index contributed by atoms with van der Waals surface area (Å²) in [5.74, 6) is 0.00939. The summed E-state index contributed by atoms with van der Waals surface area (Å²) < 4.78 is 5.42. The number of nitrogens with zero attached hydrogens (tertiary/aromatic N) is 3. The third kappa shape index (κ3) is 4.82. The van der Waals surface area contributed by atoms with E-state index in [2.05, 4.69) is 11.8 Å². The maximum atomic E-state index is 12.7. The Hall–Kier alpha value is -3.10. The van der Waals surface area contributed by atoms with Gasteiger partial charge in [-0.1, -0.05) is 25.1 Å². The van der Waals surface area contributed by atoms with E-state index in [1.807, 2.05) is 54.4 Å². The summed E-state index contributed by atoms with van der Waals surface area (Å²) >= 11 is 0. The highest BCUT2D eigenvalue weighted by molar-refractivity contribution is 5.95. The first kappa shape index (κ1) is 23.1. The lowest BCUT2D eigenvalue weighted by Gasteiger charge is -2.40. The number of piperidine rings is 1. The van der Waals surface area contributed by atoms with Crippen molar-refractivity contribution in [1.82, 2.24) is 4.90 Å². The standard InChI is InChI=1S/C25H32N4O4/c1-4-13-27(2)24(30)18-9-10-23(21(16-18)26-32-3)28-14-11-20(12-15-28)29-22-8-6-5-7-19(22)17-33-25(29)31/h5-10,16,20,26H,4,11-15,17H2,1-3H3/p+1. The summed E-state index contributed by atoms with van der Waals surface area (Å²) in [4.78, 5) is 36.5. The number of amides is 2. The van der Waals surface area contributed by atoms with Gasteiger partial charge >= 0.3 is 6.09 Å². The zero-order chi connectivity index (χ0) is 23.4. The van der Waals surface area contributed by atoms with Crippen LogP contribution >= 0.6 is 0 Å². The molecule has 2 aliphatic rings. The van der Waals surface area contributed by atoms with Gasteiger partial charge in [-0.2, -0.15) is 5.48 Å². The van der Waals surface area contributed by atoms with E-state index in [0.717, 1.165) is 61.5 Å². The number of hydrogen-bond acceptors (Lipinski definition) is 5. The van der Waals surface area contributed by atoms with Crippen molar-refractivity contribution in [3.63, 3.8) is 0 Å². The van der Waals surface area contributed by atoms with Crippen molar-refractivity contribution in [1.29, 1.82) is 0 Å². The van der Waals surface area contributed by atoms with E-state index in [1.54, 1.807) is 17.5 Å². The highest BCUT2D eigenvalue weighted by Gasteiger charge is 2.34. The van der Waals surface area contributed by atoms with E-state index in [1.165, 1.54) is 0 Å². The van der Waals surface area contributed by atoms with Crippen LogP contribution in [0.25, 0.3) is 0 Å². The Labute approximate surface area is 195 Å². The van der Waals surface area contributed by atoms with Crippen LogP contribution in [0.15, 0.2) is 42.5 Å². The second-order valence-corrected chi connectivity index (χ2v) is 8.63. The summed E-state index contributed by atoms with van der Waals surface area (Å²) in [6, 6.07) is 13.8. The highest BCUT2D eigenvalue weighted by Crippen LogP contribution is 2.34. The Bertz CT molecular complexity index is 1000. The number of cyclic esters (lactones) is 1. The minimum atomic E-state index is -0.264. The monoisotopic (exact) mass is 453 g/mol. The van der Waals surface area contributed by atoms with Crippen LogP contribution in [-0.4, -0.2) is 56.7 Å². The summed E-state index contributed by atoms with van der Waals surface area (Å²) in [6.07, 6.45) is 2.31. The average Bonchev–Trinajstić information content (AvgIpc) is 2.84. The number of fused-ring (bicyclic) bond motifs is 1. The number of quaternary nitrogens is 1. The molecule has 0 spiro atoms. The van der Waals surface area contributed by atoms with Crippen molar-refractivity contribution in [2.45, 2.75) is 38.8 Å². The Kier molecular flexibility index (Phi) is 7.15. The minimum absolute atomic E-state index is 0.00939. The van der Waals surface area contributed by atoms with Crippen molar-refractivity contribution in [2.24, 2.45) is 0 Å². The molecule has 0 radical (unpaired) electrons. The molecule has 2 N–H and O–H groups in total.